The van der Waals surface area contributed by atoms with Gasteiger partial charge in [-0.15, -0.1) is 12.4 Å². The minimum absolute atomic E-state index is 0. The van der Waals surface area contributed by atoms with Crippen molar-refractivity contribution in [3.8, 4) is 0 Å². The van der Waals surface area contributed by atoms with E-state index in [9.17, 15) is 9.18 Å². The van der Waals surface area contributed by atoms with Crippen LogP contribution in [0.3, 0.4) is 0 Å². The van der Waals surface area contributed by atoms with Crippen molar-refractivity contribution in [3.05, 3.63) is 53.1 Å². The fraction of sp³-hybridized carbons (Fsp3) is 0.500. The predicted molar refractivity (Wildman–Crippen MR) is 102 cm³/mol. The van der Waals surface area contributed by atoms with Gasteiger partial charge in [-0.2, -0.15) is 5.10 Å². The summed E-state index contributed by atoms with van der Waals surface area (Å²) in [5.74, 6) is -0.109. The van der Waals surface area contributed by atoms with Gasteiger partial charge in [0.15, 0.2) is 5.69 Å². The highest BCUT2D eigenvalue weighted by atomic mass is 35.5. The summed E-state index contributed by atoms with van der Waals surface area (Å²) in [6.45, 7) is 2.12. The molecule has 2 aromatic rings. The number of halogens is 2. The van der Waals surface area contributed by atoms with Gasteiger partial charge in [0, 0.05) is 37.3 Å². The summed E-state index contributed by atoms with van der Waals surface area (Å²) >= 11 is 0. The lowest BCUT2D eigenvalue weighted by Gasteiger charge is -2.36. The van der Waals surface area contributed by atoms with E-state index in [1.807, 2.05) is 15.6 Å². The van der Waals surface area contributed by atoms with Gasteiger partial charge in [0.1, 0.15) is 5.82 Å². The average Bonchev–Trinajstić information content (AvgIpc) is 3.13. The van der Waals surface area contributed by atoms with E-state index >= 15 is 0 Å². The highest BCUT2D eigenvalue weighted by molar-refractivity contribution is 5.92. The number of likely N-dealkylation sites (tertiary alicyclic amines) is 1. The molecule has 3 aliphatic rings. The first-order valence-electron chi connectivity index (χ1n) is 9.40. The van der Waals surface area contributed by atoms with E-state index in [2.05, 4.69) is 5.10 Å². The second kappa shape index (κ2) is 6.60. The van der Waals surface area contributed by atoms with Gasteiger partial charge in [-0.05, 0) is 54.9 Å². The molecule has 1 amide bonds. The molecule has 2 fully saturated rings. The van der Waals surface area contributed by atoms with Gasteiger partial charge in [0.05, 0.1) is 0 Å². The molecular formula is C20H24ClFN4O. The van der Waals surface area contributed by atoms with Crippen molar-refractivity contribution in [1.29, 1.82) is 0 Å². The number of hydrogen-bond donors (Lipinski definition) is 1. The Morgan fingerprint density at radius 2 is 2.00 bits per heavy atom. The molecule has 2 N–H and O–H groups in total. The lowest BCUT2D eigenvalue weighted by Crippen LogP contribution is -2.49. The van der Waals surface area contributed by atoms with Crippen LogP contribution in [0, 0.1) is 11.2 Å². The SMILES string of the molecule is Cl.N[C@@H]1CN(C(=O)c2cc3n(n2)CC2(CC2)C3)CC[C@H]1c1ccc(F)cc1. The summed E-state index contributed by atoms with van der Waals surface area (Å²) in [6.07, 6.45) is 4.41. The topological polar surface area (TPSA) is 64.2 Å². The van der Waals surface area contributed by atoms with E-state index in [-0.39, 0.29) is 36.1 Å². The first kappa shape index (κ1) is 18.4. The zero-order valence-electron chi connectivity index (χ0n) is 15.1. The number of nitrogens with zero attached hydrogens (tertiary/aromatic N) is 3. The molecule has 144 valence electrons. The molecule has 0 bridgehead atoms. The predicted octanol–water partition coefficient (Wildman–Crippen LogP) is 2.74. The first-order chi connectivity index (χ1) is 12.5. The third kappa shape index (κ3) is 3.25. The molecule has 1 aliphatic carbocycles. The Labute approximate surface area is 164 Å². The average molecular weight is 391 g/mol. The molecule has 27 heavy (non-hydrogen) atoms. The van der Waals surface area contributed by atoms with Gasteiger partial charge in [-0.1, -0.05) is 12.1 Å². The second-order valence-corrected chi connectivity index (χ2v) is 8.22. The second-order valence-electron chi connectivity index (χ2n) is 8.22. The quantitative estimate of drug-likeness (QED) is 0.857. The molecule has 7 heteroatoms. The summed E-state index contributed by atoms with van der Waals surface area (Å²) in [5.41, 5.74) is 9.60. The van der Waals surface area contributed by atoms with Gasteiger partial charge >= 0.3 is 0 Å². The van der Waals surface area contributed by atoms with E-state index in [1.165, 1.54) is 30.7 Å². The minimum Gasteiger partial charge on any atom is -0.336 e. The van der Waals surface area contributed by atoms with Gasteiger partial charge in [-0.25, -0.2) is 4.39 Å². The van der Waals surface area contributed by atoms with Crippen LogP contribution in [-0.4, -0.2) is 39.7 Å². The van der Waals surface area contributed by atoms with Crippen molar-refractivity contribution in [3.63, 3.8) is 0 Å². The maximum atomic E-state index is 13.1. The fourth-order valence-corrected chi connectivity index (χ4v) is 4.56. The summed E-state index contributed by atoms with van der Waals surface area (Å²) in [5, 5.41) is 4.56. The molecule has 1 aromatic heterocycles. The molecule has 0 radical (unpaired) electrons. The third-order valence-corrected chi connectivity index (χ3v) is 6.32. The Morgan fingerprint density at radius 3 is 2.63 bits per heavy atom. The number of rotatable bonds is 2. The molecule has 1 saturated carbocycles. The number of nitrogens with two attached hydrogens (primary N) is 1. The van der Waals surface area contributed by atoms with Crippen LogP contribution in [0.15, 0.2) is 30.3 Å². The van der Waals surface area contributed by atoms with Gasteiger partial charge < -0.3 is 10.6 Å². The highest BCUT2D eigenvalue weighted by Gasteiger charge is 2.48. The van der Waals surface area contributed by atoms with Crippen LogP contribution < -0.4 is 5.73 Å². The summed E-state index contributed by atoms with van der Waals surface area (Å²) in [4.78, 5) is 14.7. The normalized spacial score (nSPS) is 25.2. The van der Waals surface area contributed by atoms with E-state index < -0.39 is 0 Å². The largest absolute Gasteiger partial charge is 0.336 e. The Hall–Kier alpha value is -1.92. The van der Waals surface area contributed by atoms with Crippen LogP contribution in [0.1, 0.15) is 46.9 Å². The number of hydrogen-bond acceptors (Lipinski definition) is 3. The number of carbonyl (C=O) groups is 1. The van der Waals surface area contributed by atoms with Crippen molar-refractivity contribution in [2.24, 2.45) is 11.1 Å². The summed E-state index contributed by atoms with van der Waals surface area (Å²) in [6, 6.07) is 8.35. The number of piperidine rings is 1. The van der Waals surface area contributed by atoms with Gasteiger partial charge in [-0.3, -0.25) is 9.48 Å². The first-order valence-corrected chi connectivity index (χ1v) is 9.40. The maximum Gasteiger partial charge on any atom is 0.274 e. The van der Waals surface area contributed by atoms with Crippen LogP contribution in [-0.2, 0) is 13.0 Å². The molecule has 1 saturated heterocycles. The van der Waals surface area contributed by atoms with Crippen LogP contribution in [0.2, 0.25) is 0 Å². The van der Waals surface area contributed by atoms with Crippen molar-refractivity contribution in [1.82, 2.24) is 14.7 Å². The Bertz CT molecular complexity index is 836. The molecule has 2 atom stereocenters. The molecular weight excluding hydrogens is 367 g/mol. The van der Waals surface area contributed by atoms with Crippen molar-refractivity contribution in [2.45, 2.75) is 44.2 Å². The molecule has 5 nitrogen and oxygen atoms in total. The van der Waals surface area contributed by atoms with Gasteiger partial charge in [0.25, 0.3) is 5.91 Å². The van der Waals surface area contributed by atoms with Gasteiger partial charge in [0.2, 0.25) is 0 Å². The number of aromatic nitrogens is 2. The number of benzene rings is 1. The van der Waals surface area contributed by atoms with E-state index in [0.29, 0.717) is 24.2 Å². The number of carbonyl (C=O) groups excluding carboxylic acids is 1. The zero-order valence-corrected chi connectivity index (χ0v) is 15.9. The van der Waals surface area contributed by atoms with Crippen LogP contribution in [0.4, 0.5) is 4.39 Å². The summed E-state index contributed by atoms with van der Waals surface area (Å²) in [7, 11) is 0. The number of fused-ring (bicyclic) bond motifs is 1. The molecule has 2 aliphatic heterocycles. The molecule has 0 unspecified atom stereocenters. The maximum absolute atomic E-state index is 13.1. The number of amides is 1. The van der Waals surface area contributed by atoms with Crippen molar-refractivity contribution >= 4 is 18.3 Å². The Kier molecular flexibility index (Phi) is 4.51. The van der Waals surface area contributed by atoms with E-state index in [0.717, 1.165) is 24.9 Å². The minimum atomic E-state index is -0.240. The highest BCUT2D eigenvalue weighted by Crippen LogP contribution is 2.53. The third-order valence-electron chi connectivity index (χ3n) is 6.32. The molecule has 1 spiro atoms. The lowest BCUT2D eigenvalue weighted by atomic mass is 9.85. The standard InChI is InChI=1S/C20H23FN4O.ClH/c21-14-3-1-13(2-4-14)16-5-8-24(11-17(16)22)19(26)18-9-15-10-20(6-7-20)12-25(15)23-18;/h1-4,9,16-17H,5-8,10-12,22H2;1H/t16-,17+;/m0./s1. The van der Waals surface area contributed by atoms with Crippen molar-refractivity contribution in [2.75, 3.05) is 13.1 Å². The van der Waals surface area contributed by atoms with Crippen molar-refractivity contribution < 1.29 is 9.18 Å². The summed E-state index contributed by atoms with van der Waals surface area (Å²) < 4.78 is 15.2. The van der Waals surface area contributed by atoms with E-state index in [4.69, 9.17) is 5.73 Å². The fourth-order valence-electron chi connectivity index (χ4n) is 4.56. The molecule has 5 rings (SSSR count). The zero-order chi connectivity index (χ0) is 17.9. The van der Waals surface area contributed by atoms with Crippen LogP contribution in [0.25, 0.3) is 0 Å². The smallest absolute Gasteiger partial charge is 0.274 e. The van der Waals surface area contributed by atoms with Crippen LogP contribution >= 0.6 is 12.4 Å². The Morgan fingerprint density at radius 1 is 1.26 bits per heavy atom. The lowest BCUT2D eigenvalue weighted by molar-refractivity contribution is 0.0686. The molecule has 1 aromatic carbocycles. The Balaban J connectivity index is 0.00000180. The molecule has 3 heterocycles. The monoisotopic (exact) mass is 390 g/mol. The van der Waals surface area contributed by atoms with Crippen LogP contribution in [0.5, 0.6) is 0 Å². The van der Waals surface area contributed by atoms with E-state index in [1.54, 1.807) is 12.1 Å².